The summed E-state index contributed by atoms with van der Waals surface area (Å²) in [5.41, 5.74) is 4.24. The fraction of sp³-hybridized carbons (Fsp3) is 0.538. The zero-order valence-corrected chi connectivity index (χ0v) is 21.2. The van der Waals surface area contributed by atoms with Crippen LogP contribution in [0.4, 0.5) is 11.1 Å². The van der Waals surface area contributed by atoms with Crippen LogP contribution in [-0.4, -0.2) is 51.9 Å². The van der Waals surface area contributed by atoms with Crippen LogP contribution in [-0.2, 0) is 11.3 Å². The molecule has 1 amide bonds. The second-order valence-electron chi connectivity index (χ2n) is 9.98. The van der Waals surface area contributed by atoms with Gasteiger partial charge < -0.3 is 10.2 Å². The number of rotatable bonds is 5. The Morgan fingerprint density at radius 1 is 1.00 bits per heavy atom. The Kier molecular flexibility index (Phi) is 6.79. The second-order valence-corrected chi connectivity index (χ2v) is 11.0. The molecule has 2 saturated heterocycles. The molecule has 0 unspecified atom stereocenters. The summed E-state index contributed by atoms with van der Waals surface area (Å²) in [5.74, 6) is 1.69. The molecule has 2 aliphatic heterocycles. The largest absolute Gasteiger partial charge is 0.341 e. The van der Waals surface area contributed by atoms with Gasteiger partial charge in [0.1, 0.15) is 0 Å². The average Bonchev–Trinajstić information content (AvgIpc) is 3.21. The molecule has 0 atom stereocenters. The van der Waals surface area contributed by atoms with Gasteiger partial charge in [0.05, 0.1) is 10.2 Å². The Hall–Kier alpha value is -2.58. The van der Waals surface area contributed by atoms with Crippen LogP contribution in [0.25, 0.3) is 10.2 Å². The molecule has 3 aromatic rings. The quantitative estimate of drug-likeness (QED) is 0.568. The summed E-state index contributed by atoms with van der Waals surface area (Å²) in [6.45, 7) is 11.3. The van der Waals surface area contributed by atoms with Crippen LogP contribution in [0.3, 0.4) is 0 Å². The molecule has 2 fully saturated rings. The first-order chi connectivity index (χ1) is 16.4. The summed E-state index contributed by atoms with van der Waals surface area (Å²) in [5, 5.41) is 3.79. The number of fused-ring (bicyclic) bond motifs is 1. The molecule has 0 bridgehead atoms. The van der Waals surface area contributed by atoms with Crippen molar-refractivity contribution in [2.75, 3.05) is 36.4 Å². The summed E-state index contributed by atoms with van der Waals surface area (Å²) in [6, 6.07) is 8.49. The minimum absolute atomic E-state index is 0.00813. The van der Waals surface area contributed by atoms with E-state index in [9.17, 15) is 4.79 Å². The van der Waals surface area contributed by atoms with Crippen molar-refractivity contribution in [1.82, 2.24) is 19.9 Å². The van der Waals surface area contributed by atoms with Gasteiger partial charge >= 0.3 is 0 Å². The Morgan fingerprint density at radius 3 is 2.41 bits per heavy atom. The number of likely N-dealkylation sites (tertiary alicyclic amines) is 1. The Morgan fingerprint density at radius 2 is 1.71 bits per heavy atom. The van der Waals surface area contributed by atoms with Crippen LogP contribution in [0.1, 0.15) is 49.6 Å². The lowest BCUT2D eigenvalue weighted by Crippen LogP contribution is -2.39. The van der Waals surface area contributed by atoms with Gasteiger partial charge in [0.15, 0.2) is 5.13 Å². The summed E-state index contributed by atoms with van der Waals surface area (Å²) >= 11 is 1.57. The lowest BCUT2D eigenvalue weighted by molar-refractivity contribution is -0.120. The molecule has 0 spiro atoms. The van der Waals surface area contributed by atoms with E-state index in [1.807, 2.05) is 19.9 Å². The van der Waals surface area contributed by atoms with Crippen LogP contribution in [0, 0.1) is 25.7 Å². The number of aryl methyl sites for hydroxylation is 2. The van der Waals surface area contributed by atoms with Crippen molar-refractivity contribution < 1.29 is 4.79 Å². The summed E-state index contributed by atoms with van der Waals surface area (Å²) in [4.78, 5) is 31.5. The Labute approximate surface area is 205 Å². The third kappa shape index (κ3) is 5.39. The van der Waals surface area contributed by atoms with Gasteiger partial charge in [-0.25, -0.2) is 15.0 Å². The second kappa shape index (κ2) is 9.96. The maximum Gasteiger partial charge on any atom is 0.229 e. The highest BCUT2D eigenvalue weighted by Crippen LogP contribution is 2.29. The van der Waals surface area contributed by atoms with E-state index >= 15 is 0 Å². The highest BCUT2D eigenvalue weighted by molar-refractivity contribution is 7.22. The van der Waals surface area contributed by atoms with Crippen LogP contribution < -0.4 is 10.2 Å². The first-order valence-electron chi connectivity index (χ1n) is 12.4. The van der Waals surface area contributed by atoms with Crippen LogP contribution in [0.15, 0.2) is 24.3 Å². The number of benzene rings is 1. The van der Waals surface area contributed by atoms with Crippen molar-refractivity contribution in [3.63, 3.8) is 0 Å². The number of anilines is 2. The first-order valence-corrected chi connectivity index (χ1v) is 13.2. The van der Waals surface area contributed by atoms with Gasteiger partial charge in [-0.3, -0.25) is 9.69 Å². The maximum atomic E-state index is 13.0. The number of nitrogens with one attached hydrogen (secondary N) is 1. The molecule has 0 radical (unpaired) electrons. The maximum absolute atomic E-state index is 13.0. The highest BCUT2D eigenvalue weighted by atomic mass is 32.1. The van der Waals surface area contributed by atoms with Crippen molar-refractivity contribution in [3.05, 3.63) is 41.2 Å². The van der Waals surface area contributed by atoms with Gasteiger partial charge in [0.25, 0.3) is 0 Å². The zero-order valence-electron chi connectivity index (χ0n) is 20.4. The summed E-state index contributed by atoms with van der Waals surface area (Å²) < 4.78 is 1.14. The van der Waals surface area contributed by atoms with Gasteiger partial charge in [-0.05, 0) is 82.3 Å². The smallest absolute Gasteiger partial charge is 0.229 e. The van der Waals surface area contributed by atoms with E-state index in [0.717, 1.165) is 65.9 Å². The Bertz CT molecular complexity index is 1140. The topological polar surface area (TPSA) is 74.2 Å². The lowest BCUT2D eigenvalue weighted by atomic mass is 9.96. The third-order valence-electron chi connectivity index (χ3n) is 7.08. The molecule has 1 aromatic carbocycles. The van der Waals surface area contributed by atoms with Crippen LogP contribution >= 0.6 is 11.3 Å². The third-order valence-corrected chi connectivity index (χ3v) is 8.02. The van der Waals surface area contributed by atoms with Crippen molar-refractivity contribution in [2.45, 2.75) is 53.0 Å². The van der Waals surface area contributed by atoms with E-state index in [-0.39, 0.29) is 11.8 Å². The van der Waals surface area contributed by atoms with E-state index in [1.54, 1.807) is 11.3 Å². The molecule has 34 heavy (non-hydrogen) atoms. The Balaban J connectivity index is 1.17. The van der Waals surface area contributed by atoms with Crippen molar-refractivity contribution in [1.29, 1.82) is 0 Å². The van der Waals surface area contributed by atoms with E-state index < -0.39 is 0 Å². The first kappa shape index (κ1) is 23.2. The molecule has 0 aliphatic carbocycles. The fourth-order valence-electron chi connectivity index (χ4n) is 5.00. The van der Waals surface area contributed by atoms with Crippen molar-refractivity contribution in [2.24, 2.45) is 11.8 Å². The summed E-state index contributed by atoms with van der Waals surface area (Å²) in [6.07, 6.45) is 4.17. The number of carbonyl (C=O) groups is 1. The van der Waals surface area contributed by atoms with Crippen molar-refractivity contribution >= 4 is 38.5 Å². The number of hydrogen-bond acceptors (Lipinski definition) is 7. The van der Waals surface area contributed by atoms with Gasteiger partial charge in [-0.1, -0.05) is 24.3 Å². The SMILES string of the molecule is Cc1cc(C)nc(N2CCC(C(=O)Nc3nc4ccc(CN5CCC(C)CC5)cc4s3)CC2)n1. The molecule has 0 saturated carbocycles. The van der Waals surface area contributed by atoms with Gasteiger partial charge in [-0.2, -0.15) is 0 Å². The molecule has 2 aromatic heterocycles. The normalized spacial score (nSPS) is 18.5. The molecule has 180 valence electrons. The number of amides is 1. The minimum Gasteiger partial charge on any atom is -0.341 e. The number of aromatic nitrogens is 3. The number of hydrogen-bond donors (Lipinski definition) is 1. The molecular formula is C26H34N6OS. The molecule has 7 nitrogen and oxygen atoms in total. The van der Waals surface area contributed by atoms with E-state index in [2.05, 4.69) is 55.2 Å². The van der Waals surface area contributed by atoms with Gasteiger partial charge in [-0.15, -0.1) is 0 Å². The number of thiazole rings is 1. The van der Waals surface area contributed by atoms with E-state index in [4.69, 9.17) is 0 Å². The molecule has 2 aliphatic rings. The number of nitrogens with zero attached hydrogens (tertiary/aromatic N) is 5. The minimum atomic E-state index is -0.00813. The molecule has 5 rings (SSSR count). The van der Waals surface area contributed by atoms with Gasteiger partial charge in [0, 0.05) is 36.9 Å². The van der Waals surface area contributed by atoms with E-state index in [0.29, 0.717) is 5.13 Å². The standard InChI is InChI=1S/C26H34N6OS/c1-17-6-10-31(11-7-17)16-20-4-5-22-23(15-20)34-26(29-22)30-24(33)21-8-12-32(13-9-21)25-27-18(2)14-19(3)28-25/h4-5,14-15,17,21H,6-13,16H2,1-3H3,(H,29,30,33). The van der Waals surface area contributed by atoms with E-state index in [1.165, 1.54) is 31.5 Å². The molecule has 1 N–H and O–H groups in total. The predicted octanol–water partition coefficient (Wildman–Crippen LogP) is 4.79. The molecular weight excluding hydrogens is 444 g/mol. The highest BCUT2D eigenvalue weighted by Gasteiger charge is 2.27. The van der Waals surface area contributed by atoms with Crippen LogP contribution in [0.5, 0.6) is 0 Å². The lowest BCUT2D eigenvalue weighted by Gasteiger charge is -2.31. The van der Waals surface area contributed by atoms with Gasteiger partial charge in [0.2, 0.25) is 11.9 Å². The molecule has 4 heterocycles. The zero-order chi connectivity index (χ0) is 23.7. The summed E-state index contributed by atoms with van der Waals surface area (Å²) in [7, 11) is 0. The average molecular weight is 479 g/mol. The number of piperidine rings is 2. The van der Waals surface area contributed by atoms with Crippen molar-refractivity contribution in [3.8, 4) is 0 Å². The van der Waals surface area contributed by atoms with Crippen LogP contribution in [0.2, 0.25) is 0 Å². The predicted molar refractivity (Wildman–Crippen MR) is 138 cm³/mol. The monoisotopic (exact) mass is 478 g/mol. The molecule has 8 heteroatoms. The number of carbonyl (C=O) groups excluding carboxylic acids is 1. The fourth-order valence-corrected chi connectivity index (χ4v) is 5.93.